The lowest BCUT2D eigenvalue weighted by molar-refractivity contribution is -0.130. The first-order valence-corrected chi connectivity index (χ1v) is 5.31. The molecule has 0 radical (unpaired) electrons. The van der Waals surface area contributed by atoms with Crippen LogP contribution in [0.2, 0.25) is 0 Å². The fourth-order valence-electron chi connectivity index (χ4n) is 2.30. The van der Waals surface area contributed by atoms with Crippen molar-refractivity contribution in [1.29, 1.82) is 0 Å². The number of nitrogens with zero attached hydrogens (tertiary/aromatic N) is 1. The molecule has 1 saturated heterocycles. The van der Waals surface area contributed by atoms with E-state index in [-0.39, 0.29) is 24.0 Å². The van der Waals surface area contributed by atoms with Gasteiger partial charge in [-0.3, -0.25) is 4.79 Å². The van der Waals surface area contributed by atoms with Crippen molar-refractivity contribution in [2.24, 2.45) is 5.73 Å². The zero-order valence-electron chi connectivity index (χ0n) is 9.10. The minimum absolute atomic E-state index is 0.00694. The maximum atomic E-state index is 11.8. The zero-order chi connectivity index (χ0) is 11.0. The monoisotopic (exact) mass is 207 g/mol. The van der Waals surface area contributed by atoms with Gasteiger partial charge in [-0.2, -0.15) is 0 Å². The van der Waals surface area contributed by atoms with Gasteiger partial charge in [0.2, 0.25) is 5.91 Å². The molecular weight excluding hydrogens is 190 g/mol. The van der Waals surface area contributed by atoms with E-state index >= 15 is 0 Å². The smallest absolute Gasteiger partial charge is 0.225 e. The number of nitrogens with one attached hydrogen (secondary N) is 1. The van der Waals surface area contributed by atoms with Crippen molar-refractivity contribution in [2.45, 2.75) is 38.4 Å². The molecule has 1 aliphatic rings. The lowest BCUT2D eigenvalue weighted by Crippen LogP contribution is -2.37. The maximum Gasteiger partial charge on any atom is 0.225 e. The normalized spacial score (nSPS) is 26.7. The number of aromatic nitrogens is 1. The lowest BCUT2D eigenvalue weighted by atomic mass is 10.1. The highest BCUT2D eigenvalue weighted by atomic mass is 16.2. The molecule has 0 aromatic carbocycles. The molecule has 0 saturated carbocycles. The first-order valence-electron chi connectivity index (χ1n) is 5.31. The van der Waals surface area contributed by atoms with E-state index in [0.717, 1.165) is 5.69 Å². The van der Waals surface area contributed by atoms with Crippen LogP contribution in [-0.2, 0) is 4.79 Å². The molecule has 3 N–H and O–H groups in total. The van der Waals surface area contributed by atoms with Crippen LogP contribution >= 0.6 is 0 Å². The van der Waals surface area contributed by atoms with E-state index in [9.17, 15) is 4.79 Å². The molecule has 1 aliphatic heterocycles. The summed E-state index contributed by atoms with van der Waals surface area (Å²) >= 11 is 0. The number of rotatable bonds is 2. The molecule has 82 valence electrons. The van der Waals surface area contributed by atoms with Crippen molar-refractivity contribution in [2.75, 3.05) is 0 Å². The number of carbonyl (C=O) groups is 1. The van der Waals surface area contributed by atoms with Crippen LogP contribution in [0.3, 0.4) is 0 Å². The van der Waals surface area contributed by atoms with Crippen LogP contribution in [0.25, 0.3) is 0 Å². The highest BCUT2D eigenvalue weighted by Crippen LogP contribution is 2.32. The molecule has 1 fully saturated rings. The molecular formula is C11H17N3O. The van der Waals surface area contributed by atoms with Gasteiger partial charge in [0.05, 0.1) is 6.04 Å². The second-order valence-electron chi connectivity index (χ2n) is 4.33. The first kappa shape index (κ1) is 10.2. The van der Waals surface area contributed by atoms with Gasteiger partial charge in [0, 0.05) is 30.4 Å². The summed E-state index contributed by atoms with van der Waals surface area (Å²) in [5.74, 6) is 0.150. The summed E-state index contributed by atoms with van der Waals surface area (Å²) in [6, 6.07) is 4.02. The Bertz CT molecular complexity index is 345. The van der Waals surface area contributed by atoms with Crippen molar-refractivity contribution in [3.63, 3.8) is 0 Å². The van der Waals surface area contributed by atoms with Crippen LogP contribution < -0.4 is 5.73 Å². The second kappa shape index (κ2) is 3.70. The molecule has 4 heteroatoms. The number of aromatic amines is 1. The summed E-state index contributed by atoms with van der Waals surface area (Å²) in [5.41, 5.74) is 7.04. The molecule has 0 bridgehead atoms. The SMILES string of the molecule is CC(C)N1C(=O)CC(N)C1c1ccc[nH]1. The highest BCUT2D eigenvalue weighted by Gasteiger charge is 2.40. The predicted molar refractivity (Wildman–Crippen MR) is 58.1 cm³/mol. The summed E-state index contributed by atoms with van der Waals surface area (Å²) in [6.07, 6.45) is 2.31. The van der Waals surface area contributed by atoms with E-state index in [1.54, 1.807) is 0 Å². The topological polar surface area (TPSA) is 62.1 Å². The molecule has 4 nitrogen and oxygen atoms in total. The molecule has 2 atom stereocenters. The van der Waals surface area contributed by atoms with Crippen LogP contribution in [0.1, 0.15) is 32.0 Å². The summed E-state index contributed by atoms with van der Waals surface area (Å²) in [7, 11) is 0. The van der Waals surface area contributed by atoms with E-state index in [4.69, 9.17) is 5.73 Å². The van der Waals surface area contributed by atoms with Gasteiger partial charge in [0.1, 0.15) is 0 Å². The summed E-state index contributed by atoms with van der Waals surface area (Å²) in [4.78, 5) is 16.8. The summed E-state index contributed by atoms with van der Waals surface area (Å²) in [6.45, 7) is 4.04. The van der Waals surface area contributed by atoms with E-state index < -0.39 is 0 Å². The Kier molecular flexibility index (Phi) is 2.52. The van der Waals surface area contributed by atoms with Crippen molar-refractivity contribution in [3.05, 3.63) is 24.0 Å². The predicted octanol–water partition coefficient (Wildman–Crippen LogP) is 1.02. The highest BCUT2D eigenvalue weighted by molar-refractivity contribution is 5.80. The van der Waals surface area contributed by atoms with Gasteiger partial charge in [0.15, 0.2) is 0 Å². The maximum absolute atomic E-state index is 11.8. The molecule has 2 heterocycles. The van der Waals surface area contributed by atoms with E-state index in [0.29, 0.717) is 6.42 Å². The number of amides is 1. The average Bonchev–Trinajstić information content (AvgIpc) is 2.71. The molecule has 1 amide bonds. The Morgan fingerprint density at radius 3 is 2.87 bits per heavy atom. The Hall–Kier alpha value is -1.29. The third-order valence-electron chi connectivity index (χ3n) is 2.90. The number of H-pyrrole nitrogens is 1. The van der Waals surface area contributed by atoms with Gasteiger partial charge in [-0.1, -0.05) is 0 Å². The molecule has 0 aliphatic carbocycles. The molecule has 1 aromatic rings. The van der Waals surface area contributed by atoms with Crippen molar-refractivity contribution >= 4 is 5.91 Å². The van der Waals surface area contributed by atoms with Crippen LogP contribution in [0, 0.1) is 0 Å². The lowest BCUT2D eigenvalue weighted by Gasteiger charge is -2.29. The second-order valence-corrected chi connectivity index (χ2v) is 4.33. The zero-order valence-corrected chi connectivity index (χ0v) is 9.10. The molecule has 15 heavy (non-hydrogen) atoms. The van der Waals surface area contributed by atoms with Crippen LogP contribution in [-0.4, -0.2) is 27.9 Å². The van der Waals surface area contributed by atoms with Crippen molar-refractivity contribution in [1.82, 2.24) is 9.88 Å². The fourth-order valence-corrected chi connectivity index (χ4v) is 2.30. The fraction of sp³-hybridized carbons (Fsp3) is 0.545. The van der Waals surface area contributed by atoms with Gasteiger partial charge in [-0.05, 0) is 26.0 Å². The number of carbonyl (C=O) groups excluding carboxylic acids is 1. The van der Waals surface area contributed by atoms with E-state index in [1.807, 2.05) is 37.1 Å². The minimum Gasteiger partial charge on any atom is -0.363 e. The largest absolute Gasteiger partial charge is 0.363 e. The Labute approximate surface area is 89.5 Å². The van der Waals surface area contributed by atoms with Crippen molar-refractivity contribution in [3.8, 4) is 0 Å². The Balaban J connectivity index is 2.32. The quantitative estimate of drug-likeness (QED) is 0.760. The minimum atomic E-state index is -0.0986. The molecule has 2 rings (SSSR count). The van der Waals surface area contributed by atoms with Crippen LogP contribution in [0.5, 0.6) is 0 Å². The standard InChI is InChI=1S/C11H17N3O/c1-7(2)14-10(15)6-8(12)11(14)9-4-3-5-13-9/h3-5,7-8,11,13H,6,12H2,1-2H3. The van der Waals surface area contributed by atoms with Gasteiger partial charge >= 0.3 is 0 Å². The average molecular weight is 207 g/mol. The summed E-state index contributed by atoms with van der Waals surface area (Å²) in [5, 5.41) is 0. The molecule has 1 aromatic heterocycles. The van der Waals surface area contributed by atoms with Gasteiger partial charge < -0.3 is 15.6 Å². The van der Waals surface area contributed by atoms with Crippen molar-refractivity contribution < 1.29 is 4.79 Å². The summed E-state index contributed by atoms with van der Waals surface area (Å²) < 4.78 is 0. The van der Waals surface area contributed by atoms with E-state index in [1.165, 1.54) is 0 Å². The number of likely N-dealkylation sites (tertiary alicyclic amines) is 1. The van der Waals surface area contributed by atoms with E-state index in [2.05, 4.69) is 4.98 Å². The van der Waals surface area contributed by atoms with Gasteiger partial charge in [-0.15, -0.1) is 0 Å². The third-order valence-corrected chi connectivity index (χ3v) is 2.90. The number of nitrogens with two attached hydrogens (primary N) is 1. The third kappa shape index (κ3) is 1.65. The van der Waals surface area contributed by atoms with Crippen LogP contribution in [0.15, 0.2) is 18.3 Å². The molecule has 0 spiro atoms. The van der Waals surface area contributed by atoms with Gasteiger partial charge in [0.25, 0.3) is 0 Å². The Morgan fingerprint density at radius 2 is 2.33 bits per heavy atom. The molecule has 2 unspecified atom stereocenters. The number of hydrogen-bond acceptors (Lipinski definition) is 2. The Morgan fingerprint density at radius 1 is 1.60 bits per heavy atom. The van der Waals surface area contributed by atoms with Crippen LogP contribution in [0.4, 0.5) is 0 Å². The first-order chi connectivity index (χ1) is 7.11. The number of hydrogen-bond donors (Lipinski definition) is 2. The van der Waals surface area contributed by atoms with Gasteiger partial charge in [-0.25, -0.2) is 0 Å².